The zero-order valence-corrected chi connectivity index (χ0v) is 12.7. The molecule has 2 rings (SSSR count). The average Bonchev–Trinajstić information content (AvgIpc) is 2.45. The first-order valence-corrected chi connectivity index (χ1v) is 7.38. The van der Waals surface area contributed by atoms with E-state index in [-0.39, 0.29) is 11.5 Å². The second-order valence-corrected chi connectivity index (χ2v) is 5.64. The molecule has 1 unspecified atom stereocenters. The molecule has 2 nitrogen and oxygen atoms in total. The van der Waals surface area contributed by atoms with Crippen molar-refractivity contribution in [3.8, 4) is 5.75 Å². The van der Waals surface area contributed by atoms with Gasteiger partial charge in [-0.1, -0.05) is 30.3 Å². The van der Waals surface area contributed by atoms with Crippen molar-refractivity contribution in [1.29, 1.82) is 0 Å². The first-order valence-electron chi connectivity index (χ1n) is 6.95. The molecular formula is C17H20ClNO. The molecule has 3 heteroatoms. The molecule has 1 atom stereocenters. The summed E-state index contributed by atoms with van der Waals surface area (Å²) in [7, 11) is 0. The van der Waals surface area contributed by atoms with Gasteiger partial charge in [-0.2, -0.15) is 0 Å². The van der Waals surface area contributed by atoms with Gasteiger partial charge in [0.25, 0.3) is 0 Å². The molecule has 0 spiro atoms. The summed E-state index contributed by atoms with van der Waals surface area (Å²) in [6.45, 7) is 4.02. The molecule has 0 aliphatic carbocycles. The minimum Gasteiger partial charge on any atom is -0.489 e. The van der Waals surface area contributed by atoms with Gasteiger partial charge in [0.1, 0.15) is 5.75 Å². The number of benzene rings is 1. The van der Waals surface area contributed by atoms with Crippen LogP contribution in [0.25, 0.3) is 0 Å². The van der Waals surface area contributed by atoms with Gasteiger partial charge < -0.3 is 4.74 Å². The second-order valence-electron chi connectivity index (χ2n) is 5.11. The molecule has 106 valence electrons. The quantitative estimate of drug-likeness (QED) is 0.714. The predicted molar refractivity (Wildman–Crippen MR) is 83.4 cm³/mol. The highest BCUT2D eigenvalue weighted by Gasteiger charge is 2.08. The van der Waals surface area contributed by atoms with E-state index in [1.54, 1.807) is 6.20 Å². The van der Waals surface area contributed by atoms with Gasteiger partial charge in [0.05, 0.1) is 17.7 Å². The lowest BCUT2D eigenvalue weighted by atomic mass is 10.0. The van der Waals surface area contributed by atoms with E-state index < -0.39 is 0 Å². The lowest BCUT2D eigenvalue weighted by Gasteiger charge is -2.12. The molecule has 20 heavy (non-hydrogen) atoms. The molecular weight excluding hydrogens is 270 g/mol. The third-order valence-electron chi connectivity index (χ3n) is 2.99. The molecule has 0 aliphatic rings. The Morgan fingerprint density at radius 3 is 2.60 bits per heavy atom. The number of ether oxygens (including phenoxy) is 1. The van der Waals surface area contributed by atoms with Gasteiger partial charge in [0.15, 0.2) is 0 Å². The van der Waals surface area contributed by atoms with Crippen LogP contribution < -0.4 is 4.74 Å². The number of halogens is 1. The Labute approximate surface area is 125 Å². The lowest BCUT2D eigenvalue weighted by molar-refractivity contribution is 0.241. The standard InChI is InChI=1S/C17H20ClNO/c1-13(2)20-16-10-14(11-19-12-16)8-9-17(18)15-6-4-3-5-7-15/h3-7,10-13,17H,8-9H2,1-2H3. The van der Waals surface area contributed by atoms with E-state index in [9.17, 15) is 0 Å². The van der Waals surface area contributed by atoms with Crippen LogP contribution in [0.5, 0.6) is 5.75 Å². The second kappa shape index (κ2) is 7.30. The number of aryl methyl sites for hydroxylation is 1. The maximum atomic E-state index is 6.43. The zero-order valence-electron chi connectivity index (χ0n) is 11.9. The van der Waals surface area contributed by atoms with Crippen molar-refractivity contribution in [2.75, 3.05) is 0 Å². The van der Waals surface area contributed by atoms with E-state index in [0.29, 0.717) is 0 Å². The van der Waals surface area contributed by atoms with Crippen molar-refractivity contribution in [3.63, 3.8) is 0 Å². The maximum absolute atomic E-state index is 6.43. The Morgan fingerprint density at radius 2 is 1.90 bits per heavy atom. The predicted octanol–water partition coefficient (Wildman–Crippen LogP) is 4.78. The molecule has 0 amide bonds. The molecule has 1 heterocycles. The van der Waals surface area contributed by atoms with Crippen molar-refractivity contribution < 1.29 is 4.74 Å². The fourth-order valence-electron chi connectivity index (χ4n) is 2.06. The highest BCUT2D eigenvalue weighted by atomic mass is 35.5. The number of hydrogen-bond donors (Lipinski definition) is 0. The zero-order chi connectivity index (χ0) is 14.4. The van der Waals surface area contributed by atoms with E-state index in [2.05, 4.69) is 17.1 Å². The fraction of sp³-hybridized carbons (Fsp3) is 0.353. The van der Waals surface area contributed by atoms with Crippen LogP contribution in [0.1, 0.15) is 36.8 Å². The summed E-state index contributed by atoms with van der Waals surface area (Å²) in [6, 6.07) is 12.2. The average molecular weight is 290 g/mol. The molecule has 2 aromatic rings. The summed E-state index contributed by atoms with van der Waals surface area (Å²) < 4.78 is 5.65. The monoisotopic (exact) mass is 289 g/mol. The van der Waals surface area contributed by atoms with Gasteiger partial charge >= 0.3 is 0 Å². The molecule has 0 fully saturated rings. The van der Waals surface area contributed by atoms with Crippen LogP contribution in [0, 0.1) is 0 Å². The third-order valence-corrected chi connectivity index (χ3v) is 3.46. The minimum absolute atomic E-state index is 0.0332. The van der Waals surface area contributed by atoms with E-state index in [1.165, 1.54) is 0 Å². The van der Waals surface area contributed by atoms with Gasteiger partial charge in [0.2, 0.25) is 0 Å². The van der Waals surface area contributed by atoms with Crippen LogP contribution in [0.4, 0.5) is 0 Å². The lowest BCUT2D eigenvalue weighted by Crippen LogP contribution is -2.06. The van der Waals surface area contributed by atoms with Crippen LogP contribution >= 0.6 is 11.6 Å². The van der Waals surface area contributed by atoms with Crippen LogP contribution in [0.3, 0.4) is 0 Å². The van der Waals surface area contributed by atoms with E-state index in [1.807, 2.05) is 44.3 Å². The Balaban J connectivity index is 1.94. The van der Waals surface area contributed by atoms with Gasteiger partial charge in [-0.15, -0.1) is 11.6 Å². The molecule has 1 aromatic carbocycles. The van der Waals surface area contributed by atoms with E-state index >= 15 is 0 Å². The molecule has 0 aliphatic heterocycles. The summed E-state index contributed by atoms with van der Waals surface area (Å²) in [6.07, 6.45) is 5.57. The number of rotatable bonds is 6. The SMILES string of the molecule is CC(C)Oc1cncc(CCC(Cl)c2ccccc2)c1. The van der Waals surface area contributed by atoms with Gasteiger partial charge in [-0.3, -0.25) is 4.98 Å². The van der Waals surface area contributed by atoms with Gasteiger partial charge in [-0.05, 0) is 43.9 Å². The molecule has 0 N–H and O–H groups in total. The third kappa shape index (κ3) is 4.53. The number of nitrogens with zero attached hydrogens (tertiary/aromatic N) is 1. The molecule has 0 saturated carbocycles. The summed E-state index contributed by atoms with van der Waals surface area (Å²) in [5.41, 5.74) is 2.32. The van der Waals surface area contributed by atoms with Gasteiger partial charge in [-0.25, -0.2) is 0 Å². The van der Waals surface area contributed by atoms with E-state index in [4.69, 9.17) is 16.3 Å². The number of pyridine rings is 1. The van der Waals surface area contributed by atoms with Gasteiger partial charge in [0, 0.05) is 6.20 Å². The van der Waals surface area contributed by atoms with Crippen molar-refractivity contribution in [1.82, 2.24) is 4.98 Å². The molecule has 0 bridgehead atoms. The number of hydrogen-bond acceptors (Lipinski definition) is 2. The van der Waals surface area contributed by atoms with Crippen molar-refractivity contribution in [2.24, 2.45) is 0 Å². The molecule has 0 saturated heterocycles. The first-order chi connectivity index (χ1) is 9.65. The normalized spacial score (nSPS) is 12.4. The highest BCUT2D eigenvalue weighted by molar-refractivity contribution is 6.20. The van der Waals surface area contributed by atoms with Crippen molar-refractivity contribution >= 4 is 11.6 Å². The molecule has 1 aromatic heterocycles. The Morgan fingerprint density at radius 1 is 1.15 bits per heavy atom. The number of alkyl halides is 1. The highest BCUT2D eigenvalue weighted by Crippen LogP contribution is 2.26. The van der Waals surface area contributed by atoms with Crippen LogP contribution in [-0.2, 0) is 6.42 Å². The van der Waals surface area contributed by atoms with Crippen LogP contribution in [0.2, 0.25) is 0 Å². The van der Waals surface area contributed by atoms with Crippen LogP contribution in [0.15, 0.2) is 48.8 Å². The first kappa shape index (κ1) is 14.9. The van der Waals surface area contributed by atoms with Crippen molar-refractivity contribution in [3.05, 3.63) is 59.9 Å². The Hall–Kier alpha value is -1.54. The topological polar surface area (TPSA) is 22.1 Å². The van der Waals surface area contributed by atoms with Crippen molar-refractivity contribution in [2.45, 2.75) is 38.2 Å². The fourth-order valence-corrected chi connectivity index (χ4v) is 2.31. The smallest absolute Gasteiger partial charge is 0.138 e. The Kier molecular flexibility index (Phi) is 5.42. The summed E-state index contributed by atoms with van der Waals surface area (Å²) in [5.74, 6) is 0.823. The largest absolute Gasteiger partial charge is 0.489 e. The Bertz CT molecular complexity index is 528. The molecule has 0 radical (unpaired) electrons. The summed E-state index contributed by atoms with van der Waals surface area (Å²) in [4.78, 5) is 4.22. The summed E-state index contributed by atoms with van der Waals surface area (Å²) >= 11 is 6.43. The maximum Gasteiger partial charge on any atom is 0.138 e. The number of aromatic nitrogens is 1. The summed E-state index contributed by atoms with van der Waals surface area (Å²) in [5, 5.41) is 0.0332. The van der Waals surface area contributed by atoms with Crippen LogP contribution in [-0.4, -0.2) is 11.1 Å². The van der Waals surface area contributed by atoms with E-state index in [0.717, 1.165) is 29.7 Å². The minimum atomic E-state index is 0.0332.